The van der Waals surface area contributed by atoms with E-state index in [-0.39, 0.29) is 11.8 Å². The van der Waals surface area contributed by atoms with Crippen LogP contribution in [0.25, 0.3) is 11.0 Å². The second-order valence-electron chi connectivity index (χ2n) is 9.85. The molecular formula is C30H34ClN5O. The van der Waals surface area contributed by atoms with E-state index < -0.39 is 0 Å². The molecule has 1 aromatic heterocycles. The van der Waals surface area contributed by atoms with Gasteiger partial charge in [0.25, 0.3) is 5.91 Å². The number of rotatable bonds is 8. The van der Waals surface area contributed by atoms with Gasteiger partial charge in [-0.1, -0.05) is 54.1 Å². The predicted molar refractivity (Wildman–Crippen MR) is 152 cm³/mol. The highest BCUT2D eigenvalue weighted by Crippen LogP contribution is 2.25. The average Bonchev–Trinajstić information content (AvgIpc) is 3.22. The molecule has 1 aliphatic heterocycles. The maximum Gasteiger partial charge on any atom is 0.253 e. The number of amides is 1. The standard InChI is InChI=1S/C30H34ClN5O/c1-34(29(37)24-8-3-2-4-9-24)22-25(23-12-14-26(31)15-13-23)16-19-35-17-7-18-36(21-20-35)30-32-27-10-5-6-11-28(27)33-30/h2-6,8-15,25H,7,16-22H2,1H3,(H,32,33). The van der Waals surface area contributed by atoms with Gasteiger partial charge in [0, 0.05) is 49.7 Å². The fraction of sp³-hybridized carbons (Fsp3) is 0.333. The molecule has 1 amide bonds. The number of carbonyl (C=O) groups excluding carboxylic acids is 1. The molecule has 6 nitrogen and oxygen atoms in total. The summed E-state index contributed by atoms with van der Waals surface area (Å²) in [4.78, 5) is 28.1. The number of H-pyrrole nitrogens is 1. The van der Waals surface area contributed by atoms with E-state index in [1.807, 2.05) is 66.5 Å². The molecule has 0 radical (unpaired) electrons. The Balaban J connectivity index is 1.22. The number of nitrogens with one attached hydrogen (secondary N) is 1. The lowest BCUT2D eigenvalue weighted by Crippen LogP contribution is -2.35. The molecule has 0 saturated carbocycles. The monoisotopic (exact) mass is 515 g/mol. The number of nitrogens with zero attached hydrogens (tertiary/aromatic N) is 4. The summed E-state index contributed by atoms with van der Waals surface area (Å²) in [6, 6.07) is 25.8. The van der Waals surface area contributed by atoms with Crippen LogP contribution in [0, 0.1) is 0 Å². The van der Waals surface area contributed by atoms with E-state index in [2.05, 4.69) is 39.0 Å². The van der Waals surface area contributed by atoms with Crippen molar-refractivity contribution >= 4 is 34.5 Å². The molecule has 4 aromatic rings. The first-order valence-electron chi connectivity index (χ1n) is 13.0. The topological polar surface area (TPSA) is 55.5 Å². The van der Waals surface area contributed by atoms with Gasteiger partial charge in [0.1, 0.15) is 0 Å². The summed E-state index contributed by atoms with van der Waals surface area (Å²) >= 11 is 6.17. The van der Waals surface area contributed by atoms with E-state index in [4.69, 9.17) is 16.6 Å². The Morgan fingerprint density at radius 2 is 1.73 bits per heavy atom. The van der Waals surface area contributed by atoms with Crippen molar-refractivity contribution in [2.75, 3.05) is 51.2 Å². The smallest absolute Gasteiger partial charge is 0.253 e. The molecule has 2 heterocycles. The lowest BCUT2D eigenvalue weighted by Gasteiger charge is -2.28. The van der Waals surface area contributed by atoms with Crippen LogP contribution in [0.15, 0.2) is 78.9 Å². The Bertz CT molecular complexity index is 1270. The highest BCUT2D eigenvalue weighted by atomic mass is 35.5. The maximum atomic E-state index is 13.0. The van der Waals surface area contributed by atoms with Gasteiger partial charge < -0.3 is 19.7 Å². The molecule has 0 spiro atoms. The number of hydrogen-bond acceptors (Lipinski definition) is 4. The summed E-state index contributed by atoms with van der Waals surface area (Å²) in [7, 11) is 1.90. The quantitative estimate of drug-likeness (QED) is 0.328. The van der Waals surface area contributed by atoms with Crippen LogP contribution in [0.5, 0.6) is 0 Å². The minimum absolute atomic E-state index is 0.0517. The molecule has 192 valence electrons. The SMILES string of the molecule is CN(CC(CCN1CCCN(c2nc3ccccc3[nH]2)CC1)c1ccc(Cl)cc1)C(=O)c1ccccc1. The first-order chi connectivity index (χ1) is 18.1. The third-order valence-corrected chi connectivity index (χ3v) is 7.51. The van der Waals surface area contributed by atoms with Gasteiger partial charge >= 0.3 is 0 Å². The third-order valence-electron chi connectivity index (χ3n) is 7.26. The van der Waals surface area contributed by atoms with E-state index in [1.165, 1.54) is 5.56 Å². The highest BCUT2D eigenvalue weighted by Gasteiger charge is 2.22. The van der Waals surface area contributed by atoms with E-state index in [1.54, 1.807) is 0 Å². The van der Waals surface area contributed by atoms with Crippen LogP contribution in [0.1, 0.15) is 34.7 Å². The van der Waals surface area contributed by atoms with Crippen LogP contribution in [0.4, 0.5) is 5.95 Å². The molecule has 1 fully saturated rings. The first kappa shape index (κ1) is 25.3. The third kappa shape index (κ3) is 6.32. The summed E-state index contributed by atoms with van der Waals surface area (Å²) in [5, 5.41) is 0.731. The van der Waals surface area contributed by atoms with Gasteiger partial charge in [-0.3, -0.25) is 4.79 Å². The molecule has 0 aliphatic carbocycles. The summed E-state index contributed by atoms with van der Waals surface area (Å²) in [6.07, 6.45) is 2.06. The normalized spacial score (nSPS) is 15.5. The van der Waals surface area contributed by atoms with Crippen molar-refractivity contribution in [2.24, 2.45) is 0 Å². The van der Waals surface area contributed by atoms with Gasteiger partial charge in [0.2, 0.25) is 5.95 Å². The number of benzene rings is 3. The number of aromatic nitrogens is 2. The number of hydrogen-bond donors (Lipinski definition) is 1. The molecule has 37 heavy (non-hydrogen) atoms. The van der Waals surface area contributed by atoms with E-state index in [9.17, 15) is 4.79 Å². The molecule has 5 rings (SSSR count). The lowest BCUT2D eigenvalue weighted by atomic mass is 9.94. The molecule has 1 atom stereocenters. The fourth-order valence-electron chi connectivity index (χ4n) is 5.15. The molecule has 1 unspecified atom stereocenters. The summed E-state index contributed by atoms with van der Waals surface area (Å²) in [5.41, 5.74) is 4.03. The summed E-state index contributed by atoms with van der Waals surface area (Å²) in [6.45, 7) is 5.62. The van der Waals surface area contributed by atoms with Crippen molar-refractivity contribution in [3.8, 4) is 0 Å². The number of imidazole rings is 1. The molecule has 1 N–H and O–H groups in total. The first-order valence-corrected chi connectivity index (χ1v) is 13.4. The Hall–Kier alpha value is -3.35. The van der Waals surface area contributed by atoms with Crippen LogP contribution in [-0.2, 0) is 0 Å². The average molecular weight is 516 g/mol. The van der Waals surface area contributed by atoms with Gasteiger partial charge in [-0.25, -0.2) is 4.98 Å². The molecular weight excluding hydrogens is 482 g/mol. The second kappa shape index (κ2) is 11.8. The molecule has 1 aliphatic rings. The number of likely N-dealkylation sites (N-methyl/N-ethyl adjacent to an activating group) is 1. The predicted octanol–water partition coefficient (Wildman–Crippen LogP) is 5.67. The van der Waals surface area contributed by atoms with Gasteiger partial charge in [-0.05, 0) is 67.9 Å². The van der Waals surface area contributed by atoms with E-state index in [0.29, 0.717) is 6.54 Å². The van der Waals surface area contributed by atoms with Crippen molar-refractivity contribution in [3.63, 3.8) is 0 Å². The van der Waals surface area contributed by atoms with Gasteiger partial charge in [0.05, 0.1) is 11.0 Å². The van der Waals surface area contributed by atoms with E-state index in [0.717, 1.165) is 73.1 Å². The Morgan fingerprint density at radius 1 is 0.973 bits per heavy atom. The van der Waals surface area contributed by atoms with Crippen LogP contribution in [0.3, 0.4) is 0 Å². The van der Waals surface area contributed by atoms with Crippen molar-refractivity contribution < 1.29 is 4.79 Å². The van der Waals surface area contributed by atoms with Gasteiger partial charge in [-0.15, -0.1) is 0 Å². The fourth-order valence-corrected chi connectivity index (χ4v) is 5.27. The minimum Gasteiger partial charge on any atom is -0.341 e. The Labute approximate surface area is 223 Å². The van der Waals surface area contributed by atoms with Crippen LogP contribution in [-0.4, -0.2) is 72.0 Å². The van der Waals surface area contributed by atoms with Crippen molar-refractivity contribution in [3.05, 3.63) is 95.0 Å². The zero-order chi connectivity index (χ0) is 25.6. The van der Waals surface area contributed by atoms with Crippen molar-refractivity contribution in [2.45, 2.75) is 18.8 Å². The number of aromatic amines is 1. The van der Waals surface area contributed by atoms with Crippen LogP contribution >= 0.6 is 11.6 Å². The number of fused-ring (bicyclic) bond motifs is 1. The van der Waals surface area contributed by atoms with E-state index >= 15 is 0 Å². The zero-order valence-electron chi connectivity index (χ0n) is 21.3. The lowest BCUT2D eigenvalue weighted by molar-refractivity contribution is 0.0783. The number of carbonyl (C=O) groups is 1. The Kier molecular flexibility index (Phi) is 8.07. The van der Waals surface area contributed by atoms with Crippen LogP contribution < -0.4 is 4.90 Å². The zero-order valence-corrected chi connectivity index (χ0v) is 22.1. The molecule has 7 heteroatoms. The van der Waals surface area contributed by atoms with Crippen molar-refractivity contribution in [1.29, 1.82) is 0 Å². The Morgan fingerprint density at radius 3 is 2.51 bits per heavy atom. The number of halogens is 1. The second-order valence-corrected chi connectivity index (χ2v) is 10.3. The molecule has 0 bridgehead atoms. The summed E-state index contributed by atoms with van der Waals surface area (Å²) in [5.74, 6) is 1.24. The van der Waals surface area contributed by atoms with Gasteiger partial charge in [-0.2, -0.15) is 0 Å². The maximum absolute atomic E-state index is 13.0. The summed E-state index contributed by atoms with van der Waals surface area (Å²) < 4.78 is 0. The number of para-hydroxylation sites is 2. The largest absolute Gasteiger partial charge is 0.341 e. The molecule has 1 saturated heterocycles. The number of anilines is 1. The minimum atomic E-state index is 0.0517. The van der Waals surface area contributed by atoms with Crippen LogP contribution in [0.2, 0.25) is 5.02 Å². The molecule has 3 aromatic carbocycles. The van der Waals surface area contributed by atoms with Gasteiger partial charge in [0.15, 0.2) is 0 Å². The van der Waals surface area contributed by atoms with Crippen molar-refractivity contribution in [1.82, 2.24) is 19.8 Å². The highest BCUT2D eigenvalue weighted by molar-refractivity contribution is 6.30.